The van der Waals surface area contributed by atoms with Gasteiger partial charge in [-0.15, -0.1) is 5.10 Å². The van der Waals surface area contributed by atoms with Crippen LogP contribution in [-0.2, 0) is 16.1 Å². The number of ether oxygens (including phenoxy) is 1. The summed E-state index contributed by atoms with van der Waals surface area (Å²) in [5, 5.41) is 14.7. The summed E-state index contributed by atoms with van der Waals surface area (Å²) >= 11 is 0. The van der Waals surface area contributed by atoms with E-state index in [2.05, 4.69) is 15.4 Å². The highest BCUT2D eigenvalue weighted by molar-refractivity contribution is 5.82. The summed E-state index contributed by atoms with van der Waals surface area (Å²) in [6.45, 7) is 5.42. The van der Waals surface area contributed by atoms with Crippen LogP contribution < -0.4 is 5.32 Å². The van der Waals surface area contributed by atoms with Gasteiger partial charge in [0.25, 0.3) is 5.95 Å². The number of rotatable bonds is 4. The maximum atomic E-state index is 11.4. The zero-order chi connectivity index (χ0) is 13.8. The molecule has 0 fully saturated rings. The number of nitrogens with zero attached hydrogens (tertiary/aromatic N) is 3. The monoisotopic (exact) mass is 256 g/mol. The number of anilines is 1. The van der Waals surface area contributed by atoms with Crippen LogP contribution in [0.5, 0.6) is 0 Å². The third-order valence-electron chi connectivity index (χ3n) is 1.70. The first-order chi connectivity index (χ1) is 8.26. The Bertz CT molecular complexity index is 435. The third kappa shape index (κ3) is 5.28. The highest BCUT2D eigenvalue weighted by Gasteiger charge is 2.17. The Morgan fingerprint density at radius 2 is 2.17 bits per heavy atom. The fraction of sp³-hybridized carbons (Fsp3) is 0.600. The second kappa shape index (κ2) is 5.48. The number of aryl methyl sites for hydroxylation is 1. The minimum atomic E-state index is -0.924. The first kappa shape index (κ1) is 13.9. The molecule has 8 heteroatoms. The van der Waals surface area contributed by atoms with Crippen molar-refractivity contribution >= 4 is 18.0 Å². The van der Waals surface area contributed by atoms with E-state index >= 15 is 0 Å². The van der Waals surface area contributed by atoms with Crippen LogP contribution in [0.15, 0.2) is 6.33 Å². The molecule has 100 valence electrons. The fourth-order valence-electron chi connectivity index (χ4n) is 1.06. The molecule has 0 saturated heterocycles. The first-order valence-electron chi connectivity index (χ1n) is 5.37. The van der Waals surface area contributed by atoms with Crippen molar-refractivity contribution in [3.05, 3.63) is 6.33 Å². The number of nitrogens with one attached hydrogen (secondary N) is 1. The van der Waals surface area contributed by atoms with E-state index in [1.807, 2.05) is 0 Å². The molecule has 0 aliphatic heterocycles. The lowest BCUT2D eigenvalue weighted by atomic mass is 10.2. The van der Waals surface area contributed by atoms with Gasteiger partial charge in [0.2, 0.25) is 0 Å². The van der Waals surface area contributed by atoms with Crippen molar-refractivity contribution in [3.8, 4) is 0 Å². The summed E-state index contributed by atoms with van der Waals surface area (Å²) in [5.74, 6) is -0.846. The number of carboxylic acids is 1. The van der Waals surface area contributed by atoms with E-state index in [-0.39, 0.29) is 18.9 Å². The van der Waals surface area contributed by atoms with Crippen molar-refractivity contribution < 1.29 is 19.4 Å². The highest BCUT2D eigenvalue weighted by atomic mass is 16.6. The van der Waals surface area contributed by atoms with Crippen LogP contribution in [0.4, 0.5) is 10.7 Å². The number of carbonyl (C=O) groups is 2. The Morgan fingerprint density at radius 3 is 2.72 bits per heavy atom. The molecule has 2 N–H and O–H groups in total. The molecule has 1 aromatic rings. The van der Waals surface area contributed by atoms with Gasteiger partial charge >= 0.3 is 12.1 Å². The van der Waals surface area contributed by atoms with Crippen LogP contribution in [0.2, 0.25) is 0 Å². The van der Waals surface area contributed by atoms with Crippen LogP contribution in [0, 0.1) is 0 Å². The van der Waals surface area contributed by atoms with Gasteiger partial charge in [-0.1, -0.05) is 0 Å². The minimum Gasteiger partial charge on any atom is -0.481 e. The quantitative estimate of drug-likeness (QED) is 0.835. The van der Waals surface area contributed by atoms with Gasteiger partial charge < -0.3 is 9.84 Å². The Kier molecular flexibility index (Phi) is 4.24. The van der Waals surface area contributed by atoms with Crippen molar-refractivity contribution in [1.82, 2.24) is 14.8 Å². The van der Waals surface area contributed by atoms with Gasteiger partial charge in [0.15, 0.2) is 0 Å². The van der Waals surface area contributed by atoms with E-state index in [1.54, 1.807) is 20.8 Å². The van der Waals surface area contributed by atoms with Gasteiger partial charge in [0.05, 0.1) is 13.0 Å². The lowest BCUT2D eigenvalue weighted by molar-refractivity contribution is -0.137. The summed E-state index contributed by atoms with van der Waals surface area (Å²) in [6.07, 6.45) is 0.628. The molecule has 1 heterocycles. The molecule has 0 aromatic carbocycles. The Labute approximate surface area is 104 Å². The zero-order valence-corrected chi connectivity index (χ0v) is 10.5. The van der Waals surface area contributed by atoms with E-state index in [1.165, 1.54) is 11.0 Å². The maximum absolute atomic E-state index is 11.4. The lowest BCUT2D eigenvalue weighted by Crippen LogP contribution is -2.27. The Balaban J connectivity index is 2.48. The summed E-state index contributed by atoms with van der Waals surface area (Å²) in [5.41, 5.74) is -0.601. The second-order valence-corrected chi connectivity index (χ2v) is 4.60. The molecule has 0 unspecified atom stereocenters. The van der Waals surface area contributed by atoms with Crippen LogP contribution in [-0.4, -0.2) is 37.5 Å². The zero-order valence-electron chi connectivity index (χ0n) is 10.5. The number of amides is 1. The normalized spacial score (nSPS) is 11.1. The lowest BCUT2D eigenvalue weighted by Gasteiger charge is -2.18. The maximum Gasteiger partial charge on any atom is 0.414 e. The molecule has 0 atom stereocenters. The van der Waals surface area contributed by atoms with Gasteiger partial charge in [-0.3, -0.25) is 14.8 Å². The first-order valence-corrected chi connectivity index (χ1v) is 5.37. The molecule has 0 aliphatic rings. The molecule has 1 aromatic heterocycles. The van der Waals surface area contributed by atoms with Gasteiger partial charge in [-0.05, 0) is 20.8 Å². The van der Waals surface area contributed by atoms with Crippen LogP contribution in [0.3, 0.4) is 0 Å². The summed E-state index contributed by atoms with van der Waals surface area (Å²) in [4.78, 5) is 25.6. The van der Waals surface area contributed by atoms with Crippen LogP contribution >= 0.6 is 0 Å². The molecular weight excluding hydrogens is 240 g/mol. The minimum absolute atomic E-state index is 0.0603. The largest absolute Gasteiger partial charge is 0.481 e. The third-order valence-corrected chi connectivity index (χ3v) is 1.70. The number of hydrogen-bond donors (Lipinski definition) is 2. The van der Waals surface area contributed by atoms with E-state index in [0.717, 1.165) is 0 Å². The number of carbonyl (C=O) groups excluding carboxylic acids is 1. The van der Waals surface area contributed by atoms with Gasteiger partial charge in [0.1, 0.15) is 11.9 Å². The fourth-order valence-corrected chi connectivity index (χ4v) is 1.06. The molecular formula is C10H16N4O4. The molecule has 18 heavy (non-hydrogen) atoms. The van der Waals surface area contributed by atoms with Crippen molar-refractivity contribution in [2.24, 2.45) is 0 Å². The van der Waals surface area contributed by atoms with Gasteiger partial charge in [0, 0.05) is 0 Å². The molecule has 0 bridgehead atoms. The second-order valence-electron chi connectivity index (χ2n) is 4.60. The number of carboxylic acid groups (broad SMARTS) is 1. The molecule has 1 amide bonds. The van der Waals surface area contributed by atoms with Crippen molar-refractivity contribution in [3.63, 3.8) is 0 Å². The number of aromatic nitrogens is 3. The van der Waals surface area contributed by atoms with Gasteiger partial charge in [-0.25, -0.2) is 9.78 Å². The Hall–Kier alpha value is -2.12. The molecule has 0 spiro atoms. The van der Waals surface area contributed by atoms with E-state index in [9.17, 15) is 9.59 Å². The van der Waals surface area contributed by atoms with Crippen molar-refractivity contribution in [1.29, 1.82) is 0 Å². The van der Waals surface area contributed by atoms with E-state index in [4.69, 9.17) is 9.84 Å². The predicted octanol–water partition coefficient (Wildman–Crippen LogP) is 1.10. The smallest absolute Gasteiger partial charge is 0.414 e. The number of hydrogen-bond acceptors (Lipinski definition) is 5. The van der Waals surface area contributed by atoms with E-state index < -0.39 is 17.7 Å². The highest BCUT2D eigenvalue weighted by Crippen LogP contribution is 2.08. The number of aliphatic carboxylic acids is 1. The van der Waals surface area contributed by atoms with Crippen molar-refractivity contribution in [2.75, 3.05) is 5.32 Å². The van der Waals surface area contributed by atoms with Gasteiger partial charge in [-0.2, -0.15) is 0 Å². The summed E-state index contributed by atoms with van der Waals surface area (Å²) in [7, 11) is 0. The average Bonchev–Trinajstić information content (AvgIpc) is 2.59. The molecule has 1 rings (SSSR count). The molecule has 0 radical (unpaired) electrons. The SMILES string of the molecule is CC(C)(C)OC(=O)Nc1ncn(CCC(=O)O)n1. The topological polar surface area (TPSA) is 106 Å². The average molecular weight is 256 g/mol. The Morgan fingerprint density at radius 1 is 1.50 bits per heavy atom. The predicted molar refractivity (Wildman–Crippen MR) is 62.1 cm³/mol. The molecule has 0 aliphatic carbocycles. The molecule has 8 nitrogen and oxygen atoms in total. The standard InChI is InChI=1S/C10H16N4O4/c1-10(2,3)18-9(17)12-8-11-6-14(13-8)5-4-7(15)16/h6H,4-5H2,1-3H3,(H,15,16)(H,12,13,17). The van der Waals surface area contributed by atoms with Crippen molar-refractivity contribution in [2.45, 2.75) is 39.3 Å². The molecule has 0 saturated carbocycles. The summed E-state index contributed by atoms with van der Waals surface area (Å²) in [6, 6.07) is 0. The van der Waals surface area contributed by atoms with Crippen LogP contribution in [0.1, 0.15) is 27.2 Å². The van der Waals surface area contributed by atoms with E-state index in [0.29, 0.717) is 0 Å². The summed E-state index contributed by atoms with van der Waals surface area (Å²) < 4.78 is 6.35. The van der Waals surface area contributed by atoms with Crippen LogP contribution in [0.25, 0.3) is 0 Å².